The number of nitrogens with zero attached hydrogens (tertiary/aromatic N) is 2. The van der Waals surface area contributed by atoms with Crippen molar-refractivity contribution in [3.8, 4) is 0 Å². The van der Waals surface area contributed by atoms with E-state index in [1.54, 1.807) is 4.90 Å². The van der Waals surface area contributed by atoms with Crippen LogP contribution in [0.2, 0.25) is 0 Å². The molecular formula is C18H24N2O4S. The van der Waals surface area contributed by atoms with E-state index in [0.29, 0.717) is 38.9 Å². The first-order chi connectivity index (χ1) is 11.9. The first-order valence-corrected chi connectivity index (χ1v) is 10.4. The van der Waals surface area contributed by atoms with E-state index < -0.39 is 20.5 Å². The minimum atomic E-state index is -3.55. The maximum absolute atomic E-state index is 12.8. The van der Waals surface area contributed by atoms with E-state index in [0.717, 1.165) is 12.0 Å². The molecule has 2 fully saturated rings. The highest BCUT2D eigenvalue weighted by Crippen LogP contribution is 2.40. The van der Waals surface area contributed by atoms with Gasteiger partial charge in [-0.3, -0.25) is 9.59 Å². The molecular weight excluding hydrogens is 340 g/mol. The van der Waals surface area contributed by atoms with E-state index in [4.69, 9.17) is 0 Å². The molecule has 0 unspecified atom stereocenters. The molecule has 7 heteroatoms. The van der Waals surface area contributed by atoms with E-state index in [1.165, 1.54) is 4.90 Å². The summed E-state index contributed by atoms with van der Waals surface area (Å²) < 4.78 is 25.6. The van der Waals surface area contributed by atoms with Crippen molar-refractivity contribution >= 4 is 21.7 Å². The number of rotatable bonds is 4. The SMILES string of the molecule is CCCC(=O)N1CCC2(CC1)N(Cc1ccccc1)C(=O)CS2(=O)=O. The van der Waals surface area contributed by atoms with E-state index in [1.807, 2.05) is 37.3 Å². The Hall–Kier alpha value is -1.89. The minimum absolute atomic E-state index is 0.0636. The van der Waals surface area contributed by atoms with Crippen molar-refractivity contribution in [1.82, 2.24) is 9.80 Å². The van der Waals surface area contributed by atoms with Crippen LogP contribution >= 0.6 is 0 Å². The highest BCUT2D eigenvalue weighted by atomic mass is 32.2. The van der Waals surface area contributed by atoms with Crippen LogP contribution in [0.1, 0.15) is 38.2 Å². The Kier molecular flexibility index (Phi) is 4.86. The van der Waals surface area contributed by atoms with Crippen molar-refractivity contribution in [3.05, 3.63) is 35.9 Å². The molecule has 1 aromatic rings. The Balaban J connectivity index is 1.84. The summed E-state index contributed by atoms with van der Waals surface area (Å²) in [5, 5.41) is 0. The lowest BCUT2D eigenvalue weighted by atomic mass is 10.0. The standard InChI is InChI=1S/C18H24N2O4S/c1-2-6-16(21)19-11-9-18(10-12-19)20(17(22)14-25(18,23)24)13-15-7-4-3-5-8-15/h3-5,7-8H,2,6,9-14H2,1H3. The Morgan fingerprint density at radius 2 is 1.80 bits per heavy atom. The Morgan fingerprint density at radius 3 is 2.40 bits per heavy atom. The summed E-state index contributed by atoms with van der Waals surface area (Å²) in [6.07, 6.45) is 1.84. The molecule has 2 saturated heterocycles. The van der Waals surface area contributed by atoms with Crippen LogP contribution in [0, 0.1) is 0 Å². The molecule has 1 aromatic carbocycles. The lowest BCUT2D eigenvalue weighted by Gasteiger charge is -2.43. The van der Waals surface area contributed by atoms with Gasteiger partial charge < -0.3 is 9.80 Å². The van der Waals surface area contributed by atoms with Gasteiger partial charge in [0.05, 0.1) is 0 Å². The summed E-state index contributed by atoms with van der Waals surface area (Å²) in [5.74, 6) is -0.700. The van der Waals surface area contributed by atoms with Gasteiger partial charge in [0.25, 0.3) is 0 Å². The van der Waals surface area contributed by atoms with Gasteiger partial charge in [0, 0.05) is 38.9 Å². The number of carbonyl (C=O) groups is 2. The normalized spacial score (nSPS) is 21.7. The molecule has 6 nitrogen and oxygen atoms in total. The third-order valence-corrected chi connectivity index (χ3v) is 7.64. The molecule has 0 aromatic heterocycles. The predicted molar refractivity (Wildman–Crippen MR) is 94.2 cm³/mol. The van der Waals surface area contributed by atoms with E-state index in [-0.39, 0.29) is 11.8 Å². The van der Waals surface area contributed by atoms with E-state index in [2.05, 4.69) is 0 Å². The molecule has 2 heterocycles. The third kappa shape index (κ3) is 3.17. The monoisotopic (exact) mass is 364 g/mol. The van der Waals surface area contributed by atoms with Gasteiger partial charge in [0.2, 0.25) is 11.8 Å². The molecule has 136 valence electrons. The van der Waals surface area contributed by atoms with Crippen molar-refractivity contribution in [2.75, 3.05) is 18.8 Å². The number of benzene rings is 1. The molecule has 0 atom stereocenters. The van der Waals surface area contributed by atoms with Gasteiger partial charge in [-0.25, -0.2) is 8.42 Å². The molecule has 2 amide bonds. The predicted octanol–water partition coefficient (Wildman–Crippen LogP) is 1.56. The molecule has 0 aliphatic carbocycles. The highest BCUT2D eigenvalue weighted by molar-refractivity contribution is 7.93. The number of piperidine rings is 1. The van der Waals surface area contributed by atoms with Gasteiger partial charge in [0.15, 0.2) is 9.84 Å². The fourth-order valence-electron chi connectivity index (χ4n) is 3.83. The van der Waals surface area contributed by atoms with Gasteiger partial charge in [-0.1, -0.05) is 37.3 Å². The summed E-state index contributed by atoms with van der Waals surface area (Å²) in [4.78, 5) is 26.6. The van der Waals surface area contributed by atoms with Crippen LogP contribution in [-0.4, -0.2) is 53.7 Å². The first kappa shape index (κ1) is 17.9. The topological polar surface area (TPSA) is 74.8 Å². The van der Waals surface area contributed by atoms with Gasteiger partial charge in [-0.15, -0.1) is 0 Å². The largest absolute Gasteiger partial charge is 0.342 e. The zero-order valence-corrected chi connectivity index (χ0v) is 15.3. The van der Waals surface area contributed by atoms with Crippen molar-refractivity contribution in [1.29, 1.82) is 0 Å². The molecule has 2 aliphatic rings. The zero-order valence-electron chi connectivity index (χ0n) is 14.5. The first-order valence-electron chi connectivity index (χ1n) is 8.74. The number of carbonyl (C=O) groups excluding carboxylic acids is 2. The van der Waals surface area contributed by atoms with Crippen LogP contribution in [0.5, 0.6) is 0 Å². The second-order valence-electron chi connectivity index (χ2n) is 6.80. The summed E-state index contributed by atoms with van der Waals surface area (Å²) in [6, 6.07) is 9.43. The summed E-state index contributed by atoms with van der Waals surface area (Å²) >= 11 is 0. The van der Waals surface area contributed by atoms with Crippen LogP contribution in [0.15, 0.2) is 30.3 Å². The maximum atomic E-state index is 12.8. The van der Waals surface area contributed by atoms with Gasteiger partial charge in [-0.05, 0) is 12.0 Å². The summed E-state index contributed by atoms with van der Waals surface area (Å²) in [6.45, 7) is 3.01. The Labute approximate surface area is 148 Å². The Morgan fingerprint density at radius 1 is 1.16 bits per heavy atom. The van der Waals surface area contributed by atoms with Crippen molar-refractivity contribution < 1.29 is 18.0 Å². The lowest BCUT2D eigenvalue weighted by molar-refractivity contribution is -0.135. The lowest BCUT2D eigenvalue weighted by Crippen LogP contribution is -2.56. The third-order valence-electron chi connectivity index (χ3n) is 5.23. The molecule has 0 radical (unpaired) electrons. The molecule has 0 N–H and O–H groups in total. The summed E-state index contributed by atoms with van der Waals surface area (Å²) in [7, 11) is -3.55. The second kappa shape index (κ2) is 6.78. The number of hydrogen-bond acceptors (Lipinski definition) is 4. The van der Waals surface area contributed by atoms with Gasteiger partial charge >= 0.3 is 0 Å². The fraction of sp³-hybridized carbons (Fsp3) is 0.556. The van der Waals surface area contributed by atoms with Crippen molar-refractivity contribution in [2.45, 2.75) is 44.0 Å². The quantitative estimate of drug-likeness (QED) is 0.813. The van der Waals surface area contributed by atoms with Crippen LogP contribution < -0.4 is 0 Å². The highest BCUT2D eigenvalue weighted by Gasteiger charge is 2.58. The van der Waals surface area contributed by atoms with Crippen LogP contribution in [0.25, 0.3) is 0 Å². The Bertz CT molecular complexity index is 753. The molecule has 25 heavy (non-hydrogen) atoms. The average Bonchev–Trinajstić information content (AvgIpc) is 2.76. The molecule has 0 saturated carbocycles. The van der Waals surface area contributed by atoms with Crippen LogP contribution in [-0.2, 0) is 26.0 Å². The van der Waals surface area contributed by atoms with Crippen molar-refractivity contribution in [2.24, 2.45) is 0 Å². The van der Waals surface area contributed by atoms with Gasteiger partial charge in [-0.2, -0.15) is 0 Å². The summed E-state index contributed by atoms with van der Waals surface area (Å²) in [5.41, 5.74) is 0.914. The smallest absolute Gasteiger partial charge is 0.239 e. The molecule has 1 spiro atoms. The number of likely N-dealkylation sites (tertiary alicyclic amines) is 1. The van der Waals surface area contributed by atoms with Crippen LogP contribution in [0.4, 0.5) is 0 Å². The molecule has 3 rings (SSSR count). The van der Waals surface area contributed by atoms with E-state index in [9.17, 15) is 18.0 Å². The van der Waals surface area contributed by atoms with Crippen molar-refractivity contribution in [3.63, 3.8) is 0 Å². The molecule has 2 aliphatic heterocycles. The second-order valence-corrected chi connectivity index (χ2v) is 9.08. The van der Waals surface area contributed by atoms with Crippen LogP contribution in [0.3, 0.4) is 0 Å². The zero-order chi connectivity index (χ0) is 18.1. The minimum Gasteiger partial charge on any atom is -0.342 e. The number of sulfone groups is 1. The molecule has 0 bridgehead atoms. The van der Waals surface area contributed by atoms with Gasteiger partial charge in [0.1, 0.15) is 10.6 Å². The van der Waals surface area contributed by atoms with E-state index >= 15 is 0 Å². The number of amides is 2. The fourth-order valence-corrected chi connectivity index (χ4v) is 5.88. The maximum Gasteiger partial charge on any atom is 0.239 e. The average molecular weight is 364 g/mol. The number of hydrogen-bond donors (Lipinski definition) is 0.